The van der Waals surface area contributed by atoms with Gasteiger partial charge in [0.05, 0.1) is 35.6 Å². The Morgan fingerprint density at radius 2 is 1.94 bits per heavy atom. The highest BCUT2D eigenvalue weighted by Gasteiger charge is 2.37. The summed E-state index contributed by atoms with van der Waals surface area (Å²) in [5, 5.41) is 6.09. The lowest BCUT2D eigenvalue weighted by Crippen LogP contribution is -2.54. The van der Waals surface area contributed by atoms with Gasteiger partial charge in [-0.3, -0.25) is 4.79 Å². The van der Waals surface area contributed by atoms with Gasteiger partial charge in [0.2, 0.25) is 0 Å². The number of carbonyl (C=O) groups is 1. The molecule has 0 N–H and O–H groups in total. The van der Waals surface area contributed by atoms with Crippen molar-refractivity contribution in [3.8, 4) is 5.75 Å². The molecular weight excluding hydrogens is 392 g/mol. The molecule has 1 aromatic heterocycles. The lowest BCUT2D eigenvalue weighted by atomic mass is 9.89. The Bertz CT molecular complexity index is 1080. The molecule has 162 valence electrons. The topological polar surface area (TPSA) is 64.8 Å². The van der Waals surface area contributed by atoms with Crippen LogP contribution in [0.5, 0.6) is 5.75 Å². The lowest BCUT2D eigenvalue weighted by molar-refractivity contribution is -0.0753. The molecule has 0 spiro atoms. The molecule has 1 aliphatic heterocycles. The van der Waals surface area contributed by atoms with Crippen LogP contribution in [0.2, 0.25) is 0 Å². The lowest BCUT2D eigenvalue weighted by Gasteiger charge is -2.44. The number of carbonyl (C=O) groups excluding carboxylic acids is 1. The van der Waals surface area contributed by atoms with E-state index in [0.717, 1.165) is 47.1 Å². The maximum Gasteiger partial charge on any atom is 0.258 e. The summed E-state index contributed by atoms with van der Waals surface area (Å²) in [7, 11) is 0. The van der Waals surface area contributed by atoms with Crippen molar-refractivity contribution in [3.63, 3.8) is 0 Å². The molecule has 1 aliphatic carbocycles. The van der Waals surface area contributed by atoms with E-state index in [1.54, 1.807) is 0 Å². The van der Waals surface area contributed by atoms with Crippen LogP contribution in [0.3, 0.4) is 0 Å². The normalized spacial score (nSPS) is 21.2. The van der Waals surface area contributed by atoms with Gasteiger partial charge < -0.3 is 18.9 Å². The minimum absolute atomic E-state index is 0.0275. The Morgan fingerprint density at radius 1 is 1.16 bits per heavy atom. The molecule has 2 heterocycles. The van der Waals surface area contributed by atoms with E-state index in [1.807, 2.05) is 55.1 Å². The predicted molar refractivity (Wildman–Crippen MR) is 117 cm³/mol. The number of amides is 1. The van der Waals surface area contributed by atoms with E-state index in [9.17, 15) is 4.79 Å². The molecule has 0 radical (unpaired) electrons. The number of rotatable bonds is 4. The molecule has 1 saturated heterocycles. The Balaban J connectivity index is 1.50. The molecule has 6 heteroatoms. The number of nitrogens with zero attached hydrogens (tertiary/aromatic N) is 2. The van der Waals surface area contributed by atoms with Gasteiger partial charge in [0.1, 0.15) is 18.1 Å². The second kappa shape index (κ2) is 8.35. The minimum Gasteiger partial charge on any atom is -0.488 e. The van der Waals surface area contributed by atoms with Crippen LogP contribution in [-0.2, 0) is 11.3 Å². The zero-order chi connectivity index (χ0) is 21.4. The maximum atomic E-state index is 13.8. The average Bonchev–Trinajstić information content (AvgIpc) is 3.13. The molecule has 1 amide bonds. The standard InChI is InChI=1S/C25H28N2O4/c1-16-21(17(2)31-26-16)15-30-24-14-19-8-4-3-7-18(19)13-20(24)25(28)27-11-12-29-23-10-6-5-9-22(23)27/h3-4,7-8,13-14,22-23H,5-6,9-12,15H2,1-2H3. The largest absolute Gasteiger partial charge is 0.488 e. The summed E-state index contributed by atoms with van der Waals surface area (Å²) in [6, 6.07) is 12.2. The van der Waals surface area contributed by atoms with E-state index < -0.39 is 0 Å². The third kappa shape index (κ3) is 3.81. The first-order valence-electron chi connectivity index (χ1n) is 11.1. The molecule has 5 rings (SSSR count). The maximum absolute atomic E-state index is 13.8. The Morgan fingerprint density at radius 3 is 2.71 bits per heavy atom. The molecule has 1 saturated carbocycles. The SMILES string of the molecule is Cc1noc(C)c1COc1cc2ccccc2cc1C(=O)N1CCOC2CCCCC21. The fourth-order valence-electron chi connectivity index (χ4n) is 4.87. The second-order valence-electron chi connectivity index (χ2n) is 8.55. The van der Waals surface area contributed by atoms with Crippen LogP contribution in [-0.4, -0.2) is 41.3 Å². The van der Waals surface area contributed by atoms with Crippen molar-refractivity contribution < 1.29 is 18.8 Å². The average molecular weight is 421 g/mol. The summed E-state index contributed by atoms with van der Waals surface area (Å²) in [6.45, 7) is 5.31. The number of hydrogen-bond donors (Lipinski definition) is 0. The molecule has 3 aromatic rings. The summed E-state index contributed by atoms with van der Waals surface area (Å²) in [6.07, 6.45) is 4.49. The number of ether oxygens (including phenoxy) is 2. The van der Waals surface area contributed by atoms with Crippen molar-refractivity contribution >= 4 is 16.7 Å². The van der Waals surface area contributed by atoms with Gasteiger partial charge in [-0.2, -0.15) is 0 Å². The van der Waals surface area contributed by atoms with Crippen LogP contribution in [0.15, 0.2) is 40.9 Å². The zero-order valence-corrected chi connectivity index (χ0v) is 18.1. The Hall–Kier alpha value is -2.86. The number of fused-ring (bicyclic) bond motifs is 2. The molecule has 2 aromatic carbocycles. The van der Waals surface area contributed by atoms with Crippen LogP contribution >= 0.6 is 0 Å². The number of aryl methyl sites for hydroxylation is 2. The van der Waals surface area contributed by atoms with E-state index in [4.69, 9.17) is 14.0 Å². The third-order valence-corrected chi connectivity index (χ3v) is 6.62. The predicted octanol–water partition coefficient (Wildman–Crippen LogP) is 4.81. The van der Waals surface area contributed by atoms with Crippen LogP contribution in [0.1, 0.15) is 53.1 Å². The fraction of sp³-hybridized carbons (Fsp3) is 0.440. The van der Waals surface area contributed by atoms with Gasteiger partial charge in [0.15, 0.2) is 0 Å². The zero-order valence-electron chi connectivity index (χ0n) is 18.1. The highest BCUT2D eigenvalue weighted by atomic mass is 16.5. The van der Waals surface area contributed by atoms with E-state index in [0.29, 0.717) is 31.1 Å². The molecular formula is C25H28N2O4. The van der Waals surface area contributed by atoms with E-state index in [-0.39, 0.29) is 18.1 Å². The molecule has 2 fully saturated rings. The van der Waals surface area contributed by atoms with Crippen molar-refractivity contribution in [1.82, 2.24) is 10.1 Å². The molecule has 6 nitrogen and oxygen atoms in total. The Kier molecular flexibility index (Phi) is 5.40. The smallest absolute Gasteiger partial charge is 0.258 e. The first-order valence-corrected chi connectivity index (χ1v) is 11.1. The molecule has 2 aliphatic rings. The minimum atomic E-state index is 0.0275. The van der Waals surface area contributed by atoms with Gasteiger partial charge in [-0.25, -0.2) is 0 Å². The highest BCUT2D eigenvalue weighted by molar-refractivity contribution is 6.01. The van der Waals surface area contributed by atoms with Gasteiger partial charge in [0.25, 0.3) is 5.91 Å². The Labute approximate surface area is 182 Å². The number of hydrogen-bond acceptors (Lipinski definition) is 5. The fourth-order valence-corrected chi connectivity index (χ4v) is 4.87. The van der Waals surface area contributed by atoms with E-state index >= 15 is 0 Å². The first kappa shape index (κ1) is 20.1. The van der Waals surface area contributed by atoms with Gasteiger partial charge in [-0.05, 0) is 49.6 Å². The number of aromatic nitrogens is 1. The molecule has 2 atom stereocenters. The van der Waals surface area contributed by atoms with Crippen LogP contribution in [0.4, 0.5) is 0 Å². The van der Waals surface area contributed by atoms with Gasteiger partial charge >= 0.3 is 0 Å². The van der Waals surface area contributed by atoms with Crippen molar-refractivity contribution in [2.24, 2.45) is 0 Å². The number of benzene rings is 2. The first-order chi connectivity index (χ1) is 15.1. The van der Waals surface area contributed by atoms with Gasteiger partial charge in [0, 0.05) is 6.54 Å². The monoisotopic (exact) mass is 420 g/mol. The quantitative estimate of drug-likeness (QED) is 0.606. The third-order valence-electron chi connectivity index (χ3n) is 6.62. The van der Waals surface area contributed by atoms with Crippen molar-refractivity contribution in [2.45, 2.75) is 58.3 Å². The summed E-state index contributed by atoms with van der Waals surface area (Å²) in [4.78, 5) is 15.8. The summed E-state index contributed by atoms with van der Waals surface area (Å²) >= 11 is 0. The van der Waals surface area contributed by atoms with Crippen molar-refractivity contribution in [2.75, 3.05) is 13.2 Å². The summed E-state index contributed by atoms with van der Waals surface area (Å²) < 4.78 is 17.5. The molecule has 2 unspecified atom stereocenters. The van der Waals surface area contributed by atoms with Gasteiger partial charge in [-0.1, -0.05) is 42.3 Å². The van der Waals surface area contributed by atoms with Crippen LogP contribution in [0, 0.1) is 13.8 Å². The van der Waals surface area contributed by atoms with Crippen molar-refractivity contribution in [3.05, 3.63) is 59.0 Å². The summed E-state index contributed by atoms with van der Waals surface area (Å²) in [5.74, 6) is 1.37. The second-order valence-corrected chi connectivity index (χ2v) is 8.55. The summed E-state index contributed by atoms with van der Waals surface area (Å²) in [5.41, 5.74) is 2.34. The molecule has 0 bridgehead atoms. The van der Waals surface area contributed by atoms with E-state index in [1.165, 1.54) is 6.42 Å². The van der Waals surface area contributed by atoms with Crippen molar-refractivity contribution in [1.29, 1.82) is 0 Å². The van der Waals surface area contributed by atoms with Crippen LogP contribution in [0.25, 0.3) is 10.8 Å². The number of morpholine rings is 1. The molecule has 31 heavy (non-hydrogen) atoms. The van der Waals surface area contributed by atoms with Gasteiger partial charge in [-0.15, -0.1) is 0 Å². The van der Waals surface area contributed by atoms with Crippen LogP contribution < -0.4 is 4.74 Å². The van der Waals surface area contributed by atoms with E-state index in [2.05, 4.69) is 5.16 Å². The highest BCUT2D eigenvalue weighted by Crippen LogP contribution is 2.33.